The first-order chi connectivity index (χ1) is 5.87. The Morgan fingerprint density at radius 2 is 2.15 bits per heavy atom. The maximum Gasteiger partial charge on any atom is 0.0654 e. The zero-order valence-corrected chi connectivity index (χ0v) is 10.2. The number of allylic oxidation sites excluding steroid dienone is 5. The fraction of sp³-hybridized carbons (Fsp3) is 0.500. The van der Waals surface area contributed by atoms with E-state index in [4.69, 9.17) is 0 Å². The van der Waals surface area contributed by atoms with E-state index in [0.29, 0.717) is 0 Å². The molecule has 0 spiro atoms. The van der Waals surface area contributed by atoms with Crippen molar-refractivity contribution < 1.29 is 0 Å². The van der Waals surface area contributed by atoms with Gasteiger partial charge in [-0.25, -0.2) is 0 Å². The fourth-order valence-electron chi connectivity index (χ4n) is 1.34. The van der Waals surface area contributed by atoms with Crippen molar-refractivity contribution in [1.82, 2.24) is 0 Å². The van der Waals surface area contributed by atoms with Crippen molar-refractivity contribution in [1.29, 1.82) is 0 Å². The van der Waals surface area contributed by atoms with Crippen LogP contribution in [0.5, 0.6) is 0 Å². The Hall–Kier alpha value is -0.300. The van der Waals surface area contributed by atoms with Gasteiger partial charge in [-0.2, -0.15) is 0 Å². The highest BCUT2D eigenvalue weighted by atomic mass is 79.9. The van der Waals surface area contributed by atoms with Crippen LogP contribution in [0.2, 0.25) is 0 Å². The second-order valence-electron chi connectivity index (χ2n) is 4.59. The van der Waals surface area contributed by atoms with Crippen LogP contribution in [0.1, 0.15) is 27.2 Å². The van der Waals surface area contributed by atoms with Crippen LogP contribution in [0.3, 0.4) is 0 Å². The summed E-state index contributed by atoms with van der Waals surface area (Å²) in [5.41, 5.74) is 1.59. The number of hydrogen-bond acceptors (Lipinski definition) is 0. The second kappa shape index (κ2) is 3.45. The third-order valence-electron chi connectivity index (χ3n) is 2.33. The van der Waals surface area contributed by atoms with Crippen molar-refractivity contribution in [3.8, 4) is 0 Å². The van der Waals surface area contributed by atoms with Gasteiger partial charge >= 0.3 is 0 Å². The molecule has 1 heteroatoms. The molecule has 72 valence electrons. The van der Waals surface area contributed by atoms with Crippen LogP contribution in [-0.4, -0.2) is 4.32 Å². The van der Waals surface area contributed by atoms with Crippen molar-refractivity contribution in [3.63, 3.8) is 0 Å². The van der Waals surface area contributed by atoms with E-state index in [9.17, 15) is 0 Å². The van der Waals surface area contributed by atoms with Crippen LogP contribution >= 0.6 is 15.9 Å². The van der Waals surface area contributed by atoms with Crippen molar-refractivity contribution >= 4 is 15.9 Å². The van der Waals surface area contributed by atoms with Crippen LogP contribution in [0.25, 0.3) is 0 Å². The van der Waals surface area contributed by atoms with Gasteiger partial charge in [-0.05, 0) is 17.4 Å². The zero-order chi connectivity index (χ0) is 10.1. The molecular weight excluding hydrogens is 224 g/mol. The van der Waals surface area contributed by atoms with Crippen LogP contribution in [-0.2, 0) is 0 Å². The van der Waals surface area contributed by atoms with E-state index in [1.807, 2.05) is 6.08 Å². The molecule has 1 aliphatic carbocycles. The molecular formula is C12H17Br. The summed E-state index contributed by atoms with van der Waals surface area (Å²) in [5, 5.41) is 0. The lowest BCUT2D eigenvalue weighted by molar-refractivity contribution is 0.510. The summed E-state index contributed by atoms with van der Waals surface area (Å²) in [7, 11) is 0. The lowest BCUT2D eigenvalue weighted by atomic mass is 9.81. The van der Waals surface area contributed by atoms with Crippen molar-refractivity contribution in [2.75, 3.05) is 0 Å². The highest BCUT2D eigenvalue weighted by Crippen LogP contribution is 2.37. The van der Waals surface area contributed by atoms with Gasteiger partial charge in [0.1, 0.15) is 0 Å². The van der Waals surface area contributed by atoms with Crippen molar-refractivity contribution in [2.24, 2.45) is 5.41 Å². The number of halogens is 1. The molecule has 0 bridgehead atoms. The fourth-order valence-corrected chi connectivity index (χ4v) is 1.77. The predicted molar refractivity (Wildman–Crippen MR) is 63.2 cm³/mol. The van der Waals surface area contributed by atoms with Crippen molar-refractivity contribution in [3.05, 3.63) is 36.5 Å². The van der Waals surface area contributed by atoms with Gasteiger partial charge in [0.25, 0.3) is 0 Å². The van der Waals surface area contributed by atoms with E-state index in [2.05, 4.69) is 61.5 Å². The quantitative estimate of drug-likeness (QED) is 0.475. The molecule has 0 saturated heterocycles. The average Bonchev–Trinajstić information content (AvgIpc) is 2.03. The Bertz CT molecular complexity index is 265. The molecule has 13 heavy (non-hydrogen) atoms. The smallest absolute Gasteiger partial charge is 0.0654 e. The molecule has 0 nitrogen and oxygen atoms in total. The van der Waals surface area contributed by atoms with Crippen LogP contribution in [0.15, 0.2) is 36.5 Å². The highest BCUT2D eigenvalue weighted by Gasteiger charge is 2.25. The molecule has 1 rings (SSSR count). The molecule has 0 radical (unpaired) electrons. The molecule has 0 saturated carbocycles. The van der Waals surface area contributed by atoms with Crippen molar-refractivity contribution in [2.45, 2.75) is 31.5 Å². The summed E-state index contributed by atoms with van der Waals surface area (Å²) >= 11 is 3.68. The van der Waals surface area contributed by atoms with Gasteiger partial charge in [0.15, 0.2) is 0 Å². The normalized spacial score (nSPS) is 28.5. The molecule has 1 unspecified atom stereocenters. The first-order valence-corrected chi connectivity index (χ1v) is 5.39. The monoisotopic (exact) mass is 240 g/mol. The summed E-state index contributed by atoms with van der Waals surface area (Å²) < 4.78 is -0.0234. The summed E-state index contributed by atoms with van der Waals surface area (Å²) in [5.74, 6) is 0. The van der Waals surface area contributed by atoms with Gasteiger partial charge in [-0.1, -0.05) is 61.0 Å². The Labute approximate surface area is 89.5 Å². The Morgan fingerprint density at radius 1 is 1.54 bits per heavy atom. The van der Waals surface area contributed by atoms with Gasteiger partial charge in [0.2, 0.25) is 0 Å². The Balaban J connectivity index is 3.00. The summed E-state index contributed by atoms with van der Waals surface area (Å²) in [6, 6.07) is 0. The van der Waals surface area contributed by atoms with Gasteiger partial charge in [-0.3, -0.25) is 0 Å². The molecule has 1 atom stereocenters. The summed E-state index contributed by atoms with van der Waals surface area (Å²) in [6.45, 7) is 10.5. The van der Waals surface area contributed by atoms with Crippen LogP contribution in [0, 0.1) is 5.41 Å². The third kappa shape index (κ3) is 2.57. The molecule has 0 aliphatic heterocycles. The maximum atomic E-state index is 3.85. The number of hydrogen-bond donors (Lipinski definition) is 0. The predicted octanol–water partition coefficient (Wildman–Crippen LogP) is 4.24. The SMILES string of the molecule is C=CC1(Br)C=C(C(C)(C)C)C=CC1. The molecule has 0 fully saturated rings. The van der Waals surface area contributed by atoms with Gasteiger partial charge in [-0.15, -0.1) is 6.58 Å². The second-order valence-corrected chi connectivity index (χ2v) is 6.06. The van der Waals surface area contributed by atoms with E-state index < -0.39 is 0 Å². The maximum absolute atomic E-state index is 3.85. The van der Waals surface area contributed by atoms with Gasteiger partial charge in [0, 0.05) is 0 Å². The number of rotatable bonds is 1. The van der Waals surface area contributed by atoms with E-state index in [1.165, 1.54) is 5.57 Å². The average molecular weight is 241 g/mol. The minimum atomic E-state index is -0.0234. The van der Waals surface area contributed by atoms with Crippen LogP contribution < -0.4 is 0 Å². The van der Waals surface area contributed by atoms with Gasteiger partial charge in [0.05, 0.1) is 4.32 Å². The molecule has 0 N–H and O–H groups in total. The molecule has 0 aromatic rings. The minimum Gasteiger partial charge on any atom is -0.101 e. The minimum absolute atomic E-state index is 0.0234. The first kappa shape index (κ1) is 10.8. The van der Waals surface area contributed by atoms with Crippen LogP contribution in [0.4, 0.5) is 0 Å². The topological polar surface area (TPSA) is 0 Å². The van der Waals surface area contributed by atoms with E-state index in [0.717, 1.165) is 6.42 Å². The summed E-state index contributed by atoms with van der Waals surface area (Å²) in [4.78, 5) is 0. The highest BCUT2D eigenvalue weighted by molar-refractivity contribution is 9.10. The molecule has 0 amide bonds. The van der Waals surface area contributed by atoms with E-state index in [1.54, 1.807) is 0 Å². The lowest BCUT2D eigenvalue weighted by Crippen LogP contribution is -2.20. The Morgan fingerprint density at radius 3 is 2.62 bits per heavy atom. The summed E-state index contributed by atoms with van der Waals surface area (Å²) in [6.07, 6.45) is 9.64. The number of alkyl halides is 1. The van der Waals surface area contributed by atoms with Gasteiger partial charge < -0.3 is 0 Å². The standard InChI is InChI=1S/C12H17Br/c1-5-12(13)8-6-7-10(9-12)11(2,3)4/h5-7,9H,1,8H2,2-4H3. The molecule has 1 aliphatic rings. The first-order valence-electron chi connectivity index (χ1n) is 4.60. The van der Waals surface area contributed by atoms with E-state index in [-0.39, 0.29) is 9.74 Å². The van der Waals surface area contributed by atoms with E-state index >= 15 is 0 Å². The largest absolute Gasteiger partial charge is 0.101 e. The zero-order valence-electron chi connectivity index (χ0n) is 8.60. The lowest BCUT2D eigenvalue weighted by Gasteiger charge is -2.29. The molecule has 0 aromatic heterocycles. The molecule has 0 aromatic carbocycles. The Kier molecular flexibility index (Phi) is 2.86. The third-order valence-corrected chi connectivity index (χ3v) is 3.21. The molecule has 0 heterocycles.